The lowest BCUT2D eigenvalue weighted by Crippen LogP contribution is -2.35. The van der Waals surface area contributed by atoms with Crippen LogP contribution in [0.5, 0.6) is 0 Å². The van der Waals surface area contributed by atoms with E-state index < -0.39 is 0 Å². The van der Waals surface area contributed by atoms with E-state index >= 15 is 0 Å². The molecule has 1 aromatic rings. The molecule has 13 heavy (non-hydrogen) atoms. The van der Waals surface area contributed by atoms with Gasteiger partial charge in [0.05, 0.1) is 0 Å². The molecule has 1 atom stereocenters. The second-order valence-electron chi connectivity index (χ2n) is 4.18. The summed E-state index contributed by atoms with van der Waals surface area (Å²) < 4.78 is 0. The maximum Gasteiger partial charge on any atom is 0.0404 e. The van der Waals surface area contributed by atoms with Gasteiger partial charge in [-0.1, -0.05) is 18.2 Å². The molecule has 1 heterocycles. The average molecular weight is 175 g/mol. The third-order valence-corrected chi connectivity index (χ3v) is 2.82. The fraction of sp³-hybridized carbons (Fsp3) is 0.500. The van der Waals surface area contributed by atoms with E-state index in [2.05, 4.69) is 49.9 Å². The molecule has 0 radical (unpaired) electrons. The van der Waals surface area contributed by atoms with Crippen molar-refractivity contribution in [2.24, 2.45) is 0 Å². The van der Waals surface area contributed by atoms with E-state index in [9.17, 15) is 0 Å². The van der Waals surface area contributed by atoms with Crippen molar-refractivity contribution in [3.05, 3.63) is 29.8 Å². The Morgan fingerprint density at radius 2 is 2.00 bits per heavy atom. The van der Waals surface area contributed by atoms with E-state index in [0.29, 0.717) is 12.1 Å². The van der Waals surface area contributed by atoms with E-state index in [1.165, 1.54) is 17.7 Å². The molecule has 1 aliphatic rings. The highest BCUT2D eigenvalue weighted by atomic mass is 15.2. The van der Waals surface area contributed by atoms with Gasteiger partial charge in [0.2, 0.25) is 0 Å². The molecule has 0 fully saturated rings. The molecule has 0 amide bonds. The van der Waals surface area contributed by atoms with E-state index in [0.717, 1.165) is 0 Å². The van der Waals surface area contributed by atoms with Crippen LogP contribution in [0.1, 0.15) is 26.3 Å². The Bertz CT molecular complexity index is 304. The summed E-state index contributed by atoms with van der Waals surface area (Å²) >= 11 is 0. The van der Waals surface area contributed by atoms with Crippen LogP contribution in [0.15, 0.2) is 24.3 Å². The number of rotatable bonds is 1. The van der Waals surface area contributed by atoms with Gasteiger partial charge in [0.25, 0.3) is 0 Å². The maximum atomic E-state index is 2.51. The van der Waals surface area contributed by atoms with E-state index in [1.807, 2.05) is 0 Å². The molecular weight excluding hydrogens is 158 g/mol. The van der Waals surface area contributed by atoms with Crippen LogP contribution in [0.3, 0.4) is 0 Å². The third-order valence-electron chi connectivity index (χ3n) is 2.82. The van der Waals surface area contributed by atoms with Crippen molar-refractivity contribution < 1.29 is 0 Å². The quantitative estimate of drug-likeness (QED) is 0.634. The second-order valence-corrected chi connectivity index (χ2v) is 4.18. The first-order valence-electron chi connectivity index (χ1n) is 5.06. The van der Waals surface area contributed by atoms with Gasteiger partial charge < -0.3 is 4.90 Å². The minimum atomic E-state index is 0.610. The molecule has 1 heteroatoms. The van der Waals surface area contributed by atoms with Gasteiger partial charge >= 0.3 is 0 Å². The zero-order valence-electron chi connectivity index (χ0n) is 8.62. The molecule has 0 spiro atoms. The number of para-hydroxylation sites is 1. The molecule has 1 unspecified atom stereocenters. The third kappa shape index (κ3) is 1.32. The summed E-state index contributed by atoms with van der Waals surface area (Å²) in [6, 6.07) is 10.0. The van der Waals surface area contributed by atoms with Crippen molar-refractivity contribution in [2.75, 3.05) is 4.90 Å². The number of anilines is 1. The standard InChI is InChI=1S/C12H17N/c1-9(2)13-10(3)8-11-6-4-5-7-12(11)13/h4-7,9-10H,8H2,1-3H3. The molecule has 2 rings (SSSR count). The Morgan fingerprint density at radius 1 is 1.31 bits per heavy atom. The summed E-state index contributed by atoms with van der Waals surface area (Å²) in [4.78, 5) is 2.51. The summed E-state index contributed by atoms with van der Waals surface area (Å²) in [5.41, 5.74) is 2.94. The molecule has 0 saturated heterocycles. The van der Waals surface area contributed by atoms with Crippen LogP contribution in [-0.4, -0.2) is 12.1 Å². The van der Waals surface area contributed by atoms with Gasteiger partial charge in [-0.15, -0.1) is 0 Å². The molecule has 70 valence electrons. The molecular formula is C12H17N. The number of hydrogen-bond acceptors (Lipinski definition) is 1. The molecule has 1 aromatic carbocycles. The van der Waals surface area contributed by atoms with Crippen molar-refractivity contribution in [3.8, 4) is 0 Å². The number of nitrogens with zero attached hydrogens (tertiary/aromatic N) is 1. The predicted octanol–water partition coefficient (Wildman–Crippen LogP) is 2.85. The summed E-state index contributed by atoms with van der Waals surface area (Å²) in [7, 11) is 0. The van der Waals surface area contributed by atoms with Crippen molar-refractivity contribution in [1.82, 2.24) is 0 Å². The fourth-order valence-electron chi connectivity index (χ4n) is 2.38. The highest BCUT2D eigenvalue weighted by molar-refractivity contribution is 5.59. The zero-order valence-corrected chi connectivity index (χ0v) is 8.62. The molecule has 0 aliphatic carbocycles. The van der Waals surface area contributed by atoms with Gasteiger partial charge in [-0.2, -0.15) is 0 Å². The van der Waals surface area contributed by atoms with Crippen LogP contribution in [-0.2, 0) is 6.42 Å². The van der Waals surface area contributed by atoms with Crippen LogP contribution in [0, 0.1) is 0 Å². The normalized spacial score (nSPS) is 20.9. The Hall–Kier alpha value is -0.980. The van der Waals surface area contributed by atoms with Crippen molar-refractivity contribution in [1.29, 1.82) is 0 Å². The van der Waals surface area contributed by atoms with Gasteiger partial charge in [0.1, 0.15) is 0 Å². The Morgan fingerprint density at radius 3 is 2.69 bits per heavy atom. The number of benzene rings is 1. The molecule has 1 nitrogen and oxygen atoms in total. The summed E-state index contributed by atoms with van der Waals surface area (Å²) in [6.07, 6.45) is 1.20. The summed E-state index contributed by atoms with van der Waals surface area (Å²) in [6.45, 7) is 6.83. The van der Waals surface area contributed by atoms with Gasteiger partial charge in [0.15, 0.2) is 0 Å². The first kappa shape index (κ1) is 8.61. The van der Waals surface area contributed by atoms with Crippen molar-refractivity contribution >= 4 is 5.69 Å². The number of fused-ring (bicyclic) bond motifs is 1. The van der Waals surface area contributed by atoms with Crippen molar-refractivity contribution in [2.45, 2.75) is 39.3 Å². The molecule has 0 aromatic heterocycles. The lowest BCUT2D eigenvalue weighted by atomic mass is 10.1. The summed E-state index contributed by atoms with van der Waals surface area (Å²) in [5, 5.41) is 0. The van der Waals surface area contributed by atoms with E-state index in [-0.39, 0.29) is 0 Å². The monoisotopic (exact) mass is 175 g/mol. The van der Waals surface area contributed by atoms with Crippen LogP contribution in [0.25, 0.3) is 0 Å². The van der Waals surface area contributed by atoms with E-state index in [1.54, 1.807) is 0 Å². The minimum absolute atomic E-state index is 0.610. The maximum absolute atomic E-state index is 2.51. The molecule has 1 aliphatic heterocycles. The lowest BCUT2D eigenvalue weighted by Gasteiger charge is -2.29. The summed E-state index contributed by atoms with van der Waals surface area (Å²) in [5.74, 6) is 0. The largest absolute Gasteiger partial charge is 0.366 e. The molecule has 0 saturated carbocycles. The topological polar surface area (TPSA) is 3.24 Å². The average Bonchev–Trinajstić information content (AvgIpc) is 2.39. The van der Waals surface area contributed by atoms with Crippen LogP contribution >= 0.6 is 0 Å². The predicted molar refractivity (Wildman–Crippen MR) is 57.2 cm³/mol. The van der Waals surface area contributed by atoms with Crippen LogP contribution < -0.4 is 4.90 Å². The Balaban J connectivity index is 2.40. The number of hydrogen-bond donors (Lipinski definition) is 0. The fourth-order valence-corrected chi connectivity index (χ4v) is 2.38. The van der Waals surface area contributed by atoms with Gasteiger partial charge in [0, 0.05) is 17.8 Å². The van der Waals surface area contributed by atoms with Crippen LogP contribution in [0.2, 0.25) is 0 Å². The van der Waals surface area contributed by atoms with Gasteiger partial charge in [-0.3, -0.25) is 0 Å². The molecule has 0 bridgehead atoms. The zero-order chi connectivity index (χ0) is 9.42. The Labute approximate surface area is 80.4 Å². The van der Waals surface area contributed by atoms with Crippen molar-refractivity contribution in [3.63, 3.8) is 0 Å². The minimum Gasteiger partial charge on any atom is -0.366 e. The first-order chi connectivity index (χ1) is 6.20. The van der Waals surface area contributed by atoms with Gasteiger partial charge in [-0.25, -0.2) is 0 Å². The van der Waals surface area contributed by atoms with Gasteiger partial charge in [-0.05, 0) is 38.8 Å². The first-order valence-corrected chi connectivity index (χ1v) is 5.06. The lowest BCUT2D eigenvalue weighted by molar-refractivity contribution is 0.606. The second kappa shape index (κ2) is 3.06. The van der Waals surface area contributed by atoms with Crippen LogP contribution in [0.4, 0.5) is 5.69 Å². The SMILES string of the molecule is CC(C)N1c2ccccc2CC1C. The highest BCUT2D eigenvalue weighted by Crippen LogP contribution is 2.33. The molecule has 0 N–H and O–H groups in total. The van der Waals surface area contributed by atoms with E-state index in [4.69, 9.17) is 0 Å². The highest BCUT2D eigenvalue weighted by Gasteiger charge is 2.26. The smallest absolute Gasteiger partial charge is 0.0404 e. The Kier molecular flexibility index (Phi) is 2.03.